The lowest BCUT2D eigenvalue weighted by molar-refractivity contribution is -0.189. The number of rotatable bonds is 4. The Hall–Kier alpha value is -2.93. The van der Waals surface area contributed by atoms with Crippen LogP contribution in [0, 0.1) is 11.8 Å². The Morgan fingerprint density at radius 1 is 1.08 bits per heavy atom. The summed E-state index contributed by atoms with van der Waals surface area (Å²) in [4.78, 5) is 18.2. The average molecular weight is 523 g/mol. The van der Waals surface area contributed by atoms with Gasteiger partial charge in [-0.05, 0) is 64.5 Å². The van der Waals surface area contributed by atoms with Crippen molar-refractivity contribution in [3.05, 3.63) is 17.8 Å². The first-order valence-corrected chi connectivity index (χ1v) is 11.5. The monoisotopic (exact) mass is 523 g/mol. The number of halogens is 6. The lowest BCUT2D eigenvalue weighted by atomic mass is 9.92. The Morgan fingerprint density at radius 3 is 2.22 bits per heavy atom. The Bertz CT molecular complexity index is 1110. The molecule has 0 spiro atoms. The van der Waals surface area contributed by atoms with E-state index < -0.39 is 47.2 Å². The van der Waals surface area contributed by atoms with Gasteiger partial charge in [0.2, 0.25) is 5.95 Å². The standard InChI is InChI=1S/C22H27F6N5O3/c1-11(21(23,24)25)35-14-7-8-15(22(26,27)28)33-17(14)30-18(31-33)29-16-12-5-6-13(16)10-32(9-12)19(34)36-20(2,3)4/h7-8,11-13,16H,5-6,9-10H2,1-4H3,(H,29,31)/t11?,12-,13+,16-. The van der Waals surface area contributed by atoms with Crippen molar-refractivity contribution in [2.45, 2.75) is 70.6 Å². The minimum atomic E-state index is -4.82. The van der Waals surface area contributed by atoms with Crippen LogP contribution >= 0.6 is 0 Å². The molecule has 0 radical (unpaired) electrons. The lowest BCUT2D eigenvalue weighted by Crippen LogP contribution is -2.51. The summed E-state index contributed by atoms with van der Waals surface area (Å²) in [5.74, 6) is -0.684. The Kier molecular flexibility index (Phi) is 6.44. The molecule has 1 aliphatic carbocycles. The highest BCUT2D eigenvalue weighted by atomic mass is 19.4. The van der Waals surface area contributed by atoms with Crippen molar-refractivity contribution in [3.8, 4) is 5.75 Å². The van der Waals surface area contributed by atoms with E-state index in [1.807, 2.05) is 0 Å². The summed E-state index contributed by atoms with van der Waals surface area (Å²) < 4.78 is 90.4. The second-order valence-corrected chi connectivity index (χ2v) is 10.2. The first kappa shape index (κ1) is 26.1. The van der Waals surface area contributed by atoms with Crippen molar-refractivity contribution in [1.82, 2.24) is 19.5 Å². The summed E-state index contributed by atoms with van der Waals surface area (Å²) in [5, 5.41) is 6.97. The minimum absolute atomic E-state index is 0.0223. The van der Waals surface area contributed by atoms with Crippen molar-refractivity contribution in [2.75, 3.05) is 18.4 Å². The predicted octanol–water partition coefficient (Wildman–Crippen LogP) is 5.14. The number of carbonyl (C=O) groups is 1. The third-order valence-corrected chi connectivity index (χ3v) is 6.28. The number of pyridine rings is 1. The van der Waals surface area contributed by atoms with E-state index >= 15 is 0 Å². The molecule has 200 valence electrons. The highest BCUT2D eigenvalue weighted by Crippen LogP contribution is 2.40. The van der Waals surface area contributed by atoms with Crippen molar-refractivity contribution in [2.24, 2.45) is 11.8 Å². The molecule has 1 N–H and O–H groups in total. The molecular weight excluding hydrogens is 496 g/mol. The zero-order valence-electron chi connectivity index (χ0n) is 20.1. The molecule has 8 nitrogen and oxygen atoms in total. The third-order valence-electron chi connectivity index (χ3n) is 6.28. The van der Waals surface area contributed by atoms with Gasteiger partial charge in [0, 0.05) is 19.1 Å². The van der Waals surface area contributed by atoms with Gasteiger partial charge in [0.15, 0.2) is 17.5 Å². The minimum Gasteiger partial charge on any atom is -0.477 e. The van der Waals surface area contributed by atoms with Crippen LogP contribution < -0.4 is 10.1 Å². The molecule has 36 heavy (non-hydrogen) atoms. The summed E-state index contributed by atoms with van der Waals surface area (Å²) in [6.07, 6.45) is -10.7. The van der Waals surface area contributed by atoms with Crippen LogP contribution in [0.3, 0.4) is 0 Å². The number of nitrogens with zero attached hydrogens (tertiary/aromatic N) is 4. The second kappa shape index (κ2) is 8.87. The summed E-state index contributed by atoms with van der Waals surface area (Å²) in [5.41, 5.74) is -2.33. The zero-order chi connectivity index (χ0) is 26.6. The molecule has 1 amide bonds. The number of alkyl halides is 6. The van der Waals surface area contributed by atoms with Crippen molar-refractivity contribution in [3.63, 3.8) is 0 Å². The number of ether oxygens (including phenoxy) is 2. The summed E-state index contributed by atoms with van der Waals surface area (Å²) in [6, 6.07) is 1.18. The normalized spacial score (nSPS) is 23.6. The fraction of sp³-hybridized carbons (Fsp3) is 0.682. The van der Waals surface area contributed by atoms with Gasteiger partial charge in [0.05, 0.1) is 0 Å². The number of anilines is 1. The molecule has 3 heterocycles. The molecule has 0 aromatic carbocycles. The van der Waals surface area contributed by atoms with Crippen LogP contribution in [0.15, 0.2) is 12.1 Å². The van der Waals surface area contributed by atoms with E-state index in [1.165, 1.54) is 0 Å². The van der Waals surface area contributed by atoms with Crippen LogP contribution in [0.5, 0.6) is 5.75 Å². The molecule has 2 aromatic rings. The van der Waals surface area contributed by atoms with Gasteiger partial charge in [-0.1, -0.05) is 0 Å². The van der Waals surface area contributed by atoms with Crippen LogP contribution in [0.2, 0.25) is 0 Å². The van der Waals surface area contributed by atoms with Gasteiger partial charge >= 0.3 is 18.4 Å². The summed E-state index contributed by atoms with van der Waals surface area (Å²) >= 11 is 0. The van der Waals surface area contributed by atoms with Crippen LogP contribution in [-0.4, -0.2) is 62.6 Å². The molecule has 1 unspecified atom stereocenters. The maximum atomic E-state index is 13.6. The molecule has 1 aliphatic heterocycles. The van der Waals surface area contributed by atoms with Crippen molar-refractivity contribution in [1.29, 1.82) is 0 Å². The van der Waals surface area contributed by atoms with E-state index in [2.05, 4.69) is 15.4 Å². The number of fused-ring (bicyclic) bond motifs is 3. The fourth-order valence-electron chi connectivity index (χ4n) is 4.65. The molecule has 1 saturated carbocycles. The number of piperidine rings is 1. The van der Waals surface area contributed by atoms with Crippen molar-refractivity contribution >= 4 is 17.7 Å². The first-order chi connectivity index (χ1) is 16.5. The summed E-state index contributed by atoms with van der Waals surface area (Å²) in [7, 11) is 0. The third kappa shape index (κ3) is 5.41. The second-order valence-electron chi connectivity index (χ2n) is 10.2. The fourth-order valence-corrected chi connectivity index (χ4v) is 4.65. The average Bonchev–Trinajstić information content (AvgIpc) is 3.22. The SMILES string of the molecule is CC(Oc1ccc(C(F)(F)F)n2nc(N[C@@H]3[C@@H]4CC[C@H]3CN(C(=O)OC(C)(C)C)C4)nc12)C(F)(F)F. The lowest BCUT2D eigenvalue weighted by Gasteiger charge is -2.38. The molecule has 2 bridgehead atoms. The number of hydrogen-bond donors (Lipinski definition) is 1. The van der Waals surface area contributed by atoms with Gasteiger partial charge in [-0.2, -0.15) is 31.3 Å². The molecule has 2 fully saturated rings. The Morgan fingerprint density at radius 2 is 1.69 bits per heavy atom. The van der Waals surface area contributed by atoms with Gasteiger partial charge < -0.3 is 19.7 Å². The maximum absolute atomic E-state index is 13.6. The zero-order valence-corrected chi connectivity index (χ0v) is 20.1. The van der Waals surface area contributed by atoms with Gasteiger partial charge in [0.25, 0.3) is 0 Å². The highest BCUT2D eigenvalue weighted by molar-refractivity contribution is 5.68. The Labute approximate surface area is 202 Å². The van der Waals surface area contributed by atoms with Crippen LogP contribution in [-0.2, 0) is 10.9 Å². The number of nitrogens with one attached hydrogen (secondary N) is 1. The maximum Gasteiger partial charge on any atom is 0.433 e. The predicted molar refractivity (Wildman–Crippen MR) is 116 cm³/mol. The number of likely N-dealkylation sites (tertiary alicyclic amines) is 1. The van der Waals surface area contributed by atoms with Gasteiger partial charge in [0.1, 0.15) is 11.3 Å². The molecule has 2 aromatic heterocycles. The Balaban J connectivity index is 1.58. The van der Waals surface area contributed by atoms with Crippen LogP contribution in [0.4, 0.5) is 37.1 Å². The molecule has 4 rings (SSSR count). The molecule has 4 atom stereocenters. The molecule has 1 saturated heterocycles. The van der Waals surface area contributed by atoms with E-state index in [0.29, 0.717) is 23.7 Å². The van der Waals surface area contributed by atoms with E-state index in [0.717, 1.165) is 25.8 Å². The topological polar surface area (TPSA) is 81.0 Å². The van der Waals surface area contributed by atoms with Crippen molar-refractivity contribution < 1.29 is 40.6 Å². The van der Waals surface area contributed by atoms with E-state index in [4.69, 9.17) is 9.47 Å². The largest absolute Gasteiger partial charge is 0.477 e. The van der Waals surface area contributed by atoms with E-state index in [-0.39, 0.29) is 23.8 Å². The van der Waals surface area contributed by atoms with Gasteiger partial charge in [-0.25, -0.2) is 9.31 Å². The van der Waals surface area contributed by atoms with Crippen LogP contribution in [0.25, 0.3) is 5.65 Å². The number of carbonyl (C=O) groups excluding carboxylic acids is 1. The van der Waals surface area contributed by atoms with E-state index in [9.17, 15) is 31.1 Å². The molecule has 2 aliphatic rings. The summed E-state index contributed by atoms with van der Waals surface area (Å²) in [6.45, 7) is 6.84. The number of amides is 1. The quantitative estimate of drug-likeness (QED) is 0.560. The van der Waals surface area contributed by atoms with E-state index in [1.54, 1.807) is 25.7 Å². The molecule has 14 heteroatoms. The smallest absolute Gasteiger partial charge is 0.433 e. The number of hydrogen-bond acceptors (Lipinski definition) is 6. The number of aromatic nitrogens is 3. The van der Waals surface area contributed by atoms with Gasteiger partial charge in [-0.3, -0.25) is 0 Å². The first-order valence-electron chi connectivity index (χ1n) is 11.5. The van der Waals surface area contributed by atoms with Crippen LogP contribution in [0.1, 0.15) is 46.2 Å². The van der Waals surface area contributed by atoms with Gasteiger partial charge in [-0.15, -0.1) is 5.10 Å². The highest BCUT2D eigenvalue weighted by Gasteiger charge is 2.45. The molecular formula is C22H27F6N5O3.